The van der Waals surface area contributed by atoms with E-state index in [1.807, 2.05) is 0 Å². The van der Waals surface area contributed by atoms with E-state index in [2.05, 4.69) is 6.58 Å². The summed E-state index contributed by atoms with van der Waals surface area (Å²) in [5.41, 5.74) is 1.36. The van der Waals surface area contributed by atoms with Gasteiger partial charge in [-0.25, -0.2) is 5.48 Å². The average molecular weight is 87.1 g/mol. The first-order valence-corrected chi connectivity index (χ1v) is 1.37. The first-order valence-electron chi connectivity index (χ1n) is 1.37. The molecule has 3 nitrogen and oxygen atoms in total. The van der Waals surface area contributed by atoms with Gasteiger partial charge in [-0.1, -0.05) is 6.58 Å². The highest BCUT2D eigenvalue weighted by Crippen LogP contribution is 1.56. The summed E-state index contributed by atoms with van der Waals surface area (Å²) in [7, 11) is 0. The summed E-state index contributed by atoms with van der Waals surface area (Å²) in [5.74, 6) is -0.588. The fourth-order valence-corrected chi connectivity index (χ4v) is 0.0456. The second kappa shape index (κ2) is 2.41. The maximum Gasteiger partial charge on any atom is 0.266 e. The molecule has 0 rings (SSSR count). The van der Waals surface area contributed by atoms with E-state index in [1.165, 1.54) is 5.48 Å². The van der Waals surface area contributed by atoms with E-state index in [1.54, 1.807) is 0 Å². The predicted molar refractivity (Wildman–Crippen MR) is 20.1 cm³/mol. The molecule has 0 heterocycles. The molecule has 0 unspecified atom stereocenters. The molecule has 0 aromatic carbocycles. The number of rotatable bonds is 1. The predicted octanol–water partition coefficient (Wildman–Crippen LogP) is -0.322. The summed E-state index contributed by atoms with van der Waals surface area (Å²) < 4.78 is 0. The average Bonchev–Trinajstić information content (AvgIpc) is 1.65. The Morgan fingerprint density at radius 2 is 2.50 bits per heavy atom. The number of hydrogen-bond acceptors (Lipinski definition) is 2. The van der Waals surface area contributed by atoms with Crippen molar-refractivity contribution in [3.05, 3.63) is 12.7 Å². The second-order valence-corrected chi connectivity index (χ2v) is 0.680. The molecule has 0 fully saturated rings. The van der Waals surface area contributed by atoms with E-state index in [9.17, 15) is 4.79 Å². The Hall–Kier alpha value is -0.830. The van der Waals surface area contributed by atoms with E-state index in [0.717, 1.165) is 6.08 Å². The van der Waals surface area contributed by atoms with Crippen LogP contribution in [0, 0.1) is 0 Å². The van der Waals surface area contributed by atoms with Gasteiger partial charge in [0, 0.05) is 0 Å². The molecule has 0 atom stereocenters. The Morgan fingerprint density at radius 3 is 2.50 bits per heavy atom. The molecule has 0 aromatic heterocycles. The highest BCUT2D eigenvalue weighted by molar-refractivity contribution is 5.85. The van der Waals surface area contributed by atoms with E-state index in [4.69, 9.17) is 5.21 Å². The van der Waals surface area contributed by atoms with Crippen LogP contribution in [0.2, 0.25) is 0 Å². The lowest BCUT2D eigenvalue weighted by Gasteiger charge is -1.81. The Balaban J connectivity index is 3.23. The number of hydroxylamine groups is 1. The van der Waals surface area contributed by atoms with Gasteiger partial charge in [0.1, 0.15) is 0 Å². The van der Waals surface area contributed by atoms with E-state index in [0.29, 0.717) is 0 Å². The third kappa shape index (κ3) is 1.49. The van der Waals surface area contributed by atoms with Crippen molar-refractivity contribution in [1.29, 1.82) is 0 Å². The SMILES string of the molecule is C=CC(=O)NO. The quantitative estimate of drug-likeness (QED) is 0.261. The third-order valence-electron chi connectivity index (χ3n) is 0.296. The van der Waals surface area contributed by atoms with Crippen molar-refractivity contribution in [2.45, 2.75) is 0 Å². The molecule has 0 saturated heterocycles. The van der Waals surface area contributed by atoms with Crippen molar-refractivity contribution in [1.82, 2.24) is 5.48 Å². The summed E-state index contributed by atoms with van der Waals surface area (Å²) in [6.45, 7) is 3.06. The van der Waals surface area contributed by atoms with Gasteiger partial charge < -0.3 is 0 Å². The lowest BCUT2D eigenvalue weighted by atomic mass is 10.6. The van der Waals surface area contributed by atoms with Gasteiger partial charge in [0.2, 0.25) is 0 Å². The van der Waals surface area contributed by atoms with Crippen molar-refractivity contribution in [3.8, 4) is 0 Å². The van der Waals surface area contributed by atoms with E-state index >= 15 is 0 Å². The lowest BCUT2D eigenvalue weighted by molar-refractivity contribution is -0.124. The molecule has 34 valence electrons. The molecule has 1 amide bonds. The minimum Gasteiger partial charge on any atom is -0.288 e. The van der Waals surface area contributed by atoms with Crippen LogP contribution in [0.5, 0.6) is 0 Å². The number of nitrogens with one attached hydrogen (secondary N) is 1. The monoisotopic (exact) mass is 87.0 g/mol. The van der Waals surface area contributed by atoms with Crippen LogP contribution in [0.15, 0.2) is 12.7 Å². The maximum atomic E-state index is 9.70. The van der Waals surface area contributed by atoms with Crippen molar-refractivity contribution in [2.24, 2.45) is 0 Å². The number of hydrogen-bond donors (Lipinski definition) is 2. The summed E-state index contributed by atoms with van der Waals surface area (Å²) in [5, 5.41) is 7.66. The smallest absolute Gasteiger partial charge is 0.266 e. The first-order chi connectivity index (χ1) is 2.81. The number of carbonyl (C=O) groups excluding carboxylic acids is 1. The number of amides is 1. The number of carbonyl (C=O) groups is 1. The highest BCUT2D eigenvalue weighted by atomic mass is 16.5. The summed E-state index contributed by atoms with van der Waals surface area (Å²) in [4.78, 5) is 9.70. The van der Waals surface area contributed by atoms with Crippen molar-refractivity contribution in [2.75, 3.05) is 0 Å². The van der Waals surface area contributed by atoms with Gasteiger partial charge in [0.25, 0.3) is 5.91 Å². The van der Waals surface area contributed by atoms with Gasteiger partial charge in [-0.3, -0.25) is 10.0 Å². The largest absolute Gasteiger partial charge is 0.288 e. The van der Waals surface area contributed by atoms with Crippen LogP contribution in [0.1, 0.15) is 0 Å². The standard InChI is InChI=1S/C3H5NO2/c1-2-3(5)4-6/h2,6H,1H2,(H,4,5). The van der Waals surface area contributed by atoms with Gasteiger partial charge in [-0.2, -0.15) is 0 Å². The molecular weight excluding hydrogens is 82.0 g/mol. The zero-order chi connectivity index (χ0) is 4.99. The van der Waals surface area contributed by atoms with Gasteiger partial charge in [0.05, 0.1) is 0 Å². The Bertz CT molecular complexity index is 69.2. The maximum absolute atomic E-state index is 9.70. The highest BCUT2D eigenvalue weighted by Gasteiger charge is 1.80. The van der Waals surface area contributed by atoms with Gasteiger partial charge in [-0.15, -0.1) is 0 Å². The fraction of sp³-hybridized carbons (Fsp3) is 0. The molecule has 3 heteroatoms. The molecule has 0 saturated carbocycles. The Labute approximate surface area is 35.2 Å². The summed E-state index contributed by atoms with van der Waals surface area (Å²) in [6, 6.07) is 0. The van der Waals surface area contributed by atoms with Crippen molar-refractivity contribution in [3.63, 3.8) is 0 Å². The molecule has 0 bridgehead atoms. The van der Waals surface area contributed by atoms with Gasteiger partial charge in [0.15, 0.2) is 0 Å². The zero-order valence-electron chi connectivity index (χ0n) is 3.14. The summed E-state index contributed by atoms with van der Waals surface area (Å²) >= 11 is 0. The third-order valence-corrected chi connectivity index (χ3v) is 0.296. The van der Waals surface area contributed by atoms with E-state index in [-0.39, 0.29) is 0 Å². The van der Waals surface area contributed by atoms with Crippen LogP contribution in [0.4, 0.5) is 0 Å². The Morgan fingerprint density at radius 1 is 2.00 bits per heavy atom. The minimum absolute atomic E-state index is 0.588. The van der Waals surface area contributed by atoms with E-state index < -0.39 is 5.91 Å². The molecule has 2 N–H and O–H groups in total. The first kappa shape index (κ1) is 5.17. The van der Waals surface area contributed by atoms with Crippen molar-refractivity contribution >= 4 is 5.91 Å². The molecular formula is C3H5NO2. The molecule has 0 spiro atoms. The molecule has 0 aliphatic rings. The van der Waals surface area contributed by atoms with Crippen LogP contribution in [0.3, 0.4) is 0 Å². The van der Waals surface area contributed by atoms with Crippen LogP contribution >= 0.6 is 0 Å². The van der Waals surface area contributed by atoms with Gasteiger partial charge in [-0.05, 0) is 6.08 Å². The van der Waals surface area contributed by atoms with Crippen LogP contribution in [0.25, 0.3) is 0 Å². The van der Waals surface area contributed by atoms with Gasteiger partial charge >= 0.3 is 0 Å². The van der Waals surface area contributed by atoms with Crippen LogP contribution in [-0.4, -0.2) is 11.1 Å². The molecule has 6 heavy (non-hydrogen) atoms. The molecule has 0 aromatic rings. The normalized spacial score (nSPS) is 6.83. The minimum atomic E-state index is -0.588. The lowest BCUT2D eigenvalue weighted by Crippen LogP contribution is -2.14. The molecule has 0 aliphatic carbocycles. The Kier molecular flexibility index (Phi) is 2.08. The topological polar surface area (TPSA) is 49.3 Å². The van der Waals surface area contributed by atoms with Crippen molar-refractivity contribution < 1.29 is 10.0 Å². The van der Waals surface area contributed by atoms with Crippen LogP contribution in [-0.2, 0) is 4.79 Å². The zero-order valence-corrected chi connectivity index (χ0v) is 3.14. The molecule has 0 radical (unpaired) electrons. The fourth-order valence-electron chi connectivity index (χ4n) is 0.0456. The second-order valence-electron chi connectivity index (χ2n) is 0.680. The molecule has 0 aliphatic heterocycles. The summed E-state index contributed by atoms with van der Waals surface area (Å²) in [6.07, 6.45) is 0.972. The van der Waals surface area contributed by atoms with Crippen LogP contribution < -0.4 is 5.48 Å².